The molecule has 0 atom stereocenters. The minimum Gasteiger partial charge on any atom is -0.497 e. The normalized spacial score (nSPS) is 12.1. The van der Waals surface area contributed by atoms with Crippen LogP contribution in [-0.2, 0) is 11.8 Å². The van der Waals surface area contributed by atoms with Gasteiger partial charge in [-0.05, 0) is 73.6 Å². The zero-order valence-electron chi connectivity index (χ0n) is 16.1. The lowest BCUT2D eigenvalue weighted by atomic mass is 9.85. The van der Waals surface area contributed by atoms with Gasteiger partial charge in [0, 0.05) is 0 Å². The fourth-order valence-electron chi connectivity index (χ4n) is 2.59. The lowest BCUT2D eigenvalue weighted by Crippen LogP contribution is -2.23. The van der Waals surface area contributed by atoms with Crippen LogP contribution in [0, 0.1) is 0 Å². The average molecular weight is 326 g/mol. The molecule has 2 rings (SSSR count). The zero-order valence-corrected chi connectivity index (χ0v) is 16.1. The van der Waals surface area contributed by atoms with Gasteiger partial charge in [-0.3, -0.25) is 0 Å². The molecule has 2 aromatic carbocycles. The maximum atomic E-state index is 6.13. The van der Waals surface area contributed by atoms with Gasteiger partial charge in [0.1, 0.15) is 17.1 Å². The number of methoxy groups -OCH3 is 1. The summed E-state index contributed by atoms with van der Waals surface area (Å²) in [5, 5.41) is 0. The predicted octanol–water partition coefficient (Wildman–Crippen LogP) is 5.76. The molecule has 0 bridgehead atoms. The van der Waals surface area contributed by atoms with Crippen LogP contribution >= 0.6 is 0 Å². The number of rotatable bonds is 4. The quantitative estimate of drug-likeness (QED) is 0.711. The van der Waals surface area contributed by atoms with Crippen molar-refractivity contribution in [3.63, 3.8) is 0 Å². The Bertz CT molecular complexity index is 671. The third-order valence-electron chi connectivity index (χ3n) is 3.82. The van der Waals surface area contributed by atoms with Gasteiger partial charge in [0.15, 0.2) is 0 Å². The van der Waals surface area contributed by atoms with Crippen LogP contribution in [0.15, 0.2) is 42.5 Å². The molecule has 0 unspecified atom stereocenters. The van der Waals surface area contributed by atoms with Gasteiger partial charge in [0.05, 0.1) is 7.11 Å². The second kappa shape index (κ2) is 6.88. The highest BCUT2D eigenvalue weighted by atomic mass is 16.5. The van der Waals surface area contributed by atoms with Gasteiger partial charge in [-0.2, -0.15) is 0 Å². The first-order valence-electron chi connectivity index (χ1n) is 8.53. The molecular formula is C22H30O2. The summed E-state index contributed by atoms with van der Waals surface area (Å²) < 4.78 is 11.4. The predicted molar refractivity (Wildman–Crippen MR) is 101 cm³/mol. The molecule has 0 aliphatic heterocycles. The summed E-state index contributed by atoms with van der Waals surface area (Å²) in [6, 6.07) is 14.9. The number of hydrogen-bond donors (Lipinski definition) is 0. The van der Waals surface area contributed by atoms with E-state index in [1.165, 1.54) is 16.7 Å². The molecule has 0 saturated carbocycles. The van der Waals surface area contributed by atoms with Crippen LogP contribution in [0.5, 0.6) is 11.5 Å². The van der Waals surface area contributed by atoms with Crippen molar-refractivity contribution in [2.45, 2.75) is 59.0 Å². The fourth-order valence-corrected chi connectivity index (χ4v) is 2.59. The van der Waals surface area contributed by atoms with E-state index < -0.39 is 0 Å². The van der Waals surface area contributed by atoms with E-state index >= 15 is 0 Å². The largest absolute Gasteiger partial charge is 0.497 e. The van der Waals surface area contributed by atoms with Crippen molar-refractivity contribution in [2.75, 3.05) is 7.11 Å². The van der Waals surface area contributed by atoms with E-state index in [1.807, 2.05) is 12.1 Å². The van der Waals surface area contributed by atoms with E-state index in [0.29, 0.717) is 0 Å². The van der Waals surface area contributed by atoms with Crippen LogP contribution in [0.25, 0.3) is 0 Å². The molecule has 0 fully saturated rings. The summed E-state index contributed by atoms with van der Waals surface area (Å²) >= 11 is 0. The molecule has 0 amide bonds. The monoisotopic (exact) mass is 326 g/mol. The van der Waals surface area contributed by atoms with E-state index in [1.54, 1.807) is 7.11 Å². The van der Waals surface area contributed by atoms with Crippen LogP contribution in [0.1, 0.15) is 58.2 Å². The lowest BCUT2D eigenvalue weighted by molar-refractivity contribution is 0.130. The molecule has 0 spiro atoms. The SMILES string of the molecule is COc1ccc(Cc2cc(OC(C)(C)C)cc(C(C)(C)C)c2)cc1. The highest BCUT2D eigenvalue weighted by molar-refractivity contribution is 5.41. The minimum atomic E-state index is -0.201. The first-order valence-corrected chi connectivity index (χ1v) is 8.53. The maximum absolute atomic E-state index is 6.13. The van der Waals surface area contributed by atoms with Crippen LogP contribution < -0.4 is 9.47 Å². The van der Waals surface area contributed by atoms with Gasteiger partial charge >= 0.3 is 0 Å². The van der Waals surface area contributed by atoms with E-state index in [2.05, 4.69) is 71.9 Å². The van der Waals surface area contributed by atoms with E-state index in [4.69, 9.17) is 9.47 Å². The van der Waals surface area contributed by atoms with Crippen LogP contribution in [-0.4, -0.2) is 12.7 Å². The molecule has 0 heterocycles. The summed E-state index contributed by atoms with van der Waals surface area (Å²) in [6.45, 7) is 13.0. The summed E-state index contributed by atoms with van der Waals surface area (Å²) in [4.78, 5) is 0. The lowest BCUT2D eigenvalue weighted by Gasteiger charge is -2.25. The second-order valence-corrected chi connectivity index (χ2v) is 8.35. The van der Waals surface area contributed by atoms with Gasteiger partial charge in [-0.25, -0.2) is 0 Å². The summed E-state index contributed by atoms with van der Waals surface area (Å²) in [5.41, 5.74) is 3.72. The third kappa shape index (κ3) is 5.30. The van der Waals surface area contributed by atoms with E-state index in [-0.39, 0.29) is 11.0 Å². The second-order valence-electron chi connectivity index (χ2n) is 8.35. The molecule has 0 radical (unpaired) electrons. The number of benzene rings is 2. The standard InChI is InChI=1S/C22H30O2/c1-21(2,3)18-13-17(14-20(15-18)24-22(4,5)6)12-16-8-10-19(23-7)11-9-16/h8-11,13-15H,12H2,1-7H3. The van der Waals surface area contributed by atoms with Gasteiger partial charge < -0.3 is 9.47 Å². The van der Waals surface area contributed by atoms with Crippen molar-refractivity contribution in [1.29, 1.82) is 0 Å². The molecule has 0 N–H and O–H groups in total. The van der Waals surface area contributed by atoms with E-state index in [9.17, 15) is 0 Å². The van der Waals surface area contributed by atoms with Crippen molar-refractivity contribution < 1.29 is 9.47 Å². The third-order valence-corrected chi connectivity index (χ3v) is 3.82. The van der Waals surface area contributed by atoms with Gasteiger partial charge in [-0.15, -0.1) is 0 Å². The maximum Gasteiger partial charge on any atom is 0.120 e. The zero-order chi connectivity index (χ0) is 18.0. The summed E-state index contributed by atoms with van der Waals surface area (Å²) in [5.74, 6) is 1.83. The van der Waals surface area contributed by atoms with E-state index in [0.717, 1.165) is 17.9 Å². The molecule has 2 nitrogen and oxygen atoms in total. The number of hydrogen-bond acceptors (Lipinski definition) is 2. The van der Waals surface area contributed by atoms with Crippen LogP contribution in [0.3, 0.4) is 0 Å². The van der Waals surface area contributed by atoms with Crippen LogP contribution in [0.4, 0.5) is 0 Å². The summed E-state index contributed by atoms with van der Waals surface area (Å²) in [7, 11) is 1.69. The summed E-state index contributed by atoms with van der Waals surface area (Å²) in [6.07, 6.45) is 0.883. The Balaban J connectivity index is 2.34. The molecule has 24 heavy (non-hydrogen) atoms. The Morgan fingerprint density at radius 3 is 1.88 bits per heavy atom. The Hall–Kier alpha value is -1.96. The molecule has 0 aliphatic carbocycles. The fraction of sp³-hybridized carbons (Fsp3) is 0.455. The Labute approximate surface area is 146 Å². The van der Waals surface area contributed by atoms with Crippen LogP contribution in [0.2, 0.25) is 0 Å². The van der Waals surface area contributed by atoms with Crippen molar-refractivity contribution in [1.82, 2.24) is 0 Å². The topological polar surface area (TPSA) is 18.5 Å². The average Bonchev–Trinajstić information content (AvgIpc) is 2.45. The first kappa shape index (κ1) is 18.4. The van der Waals surface area contributed by atoms with Crippen molar-refractivity contribution in [2.24, 2.45) is 0 Å². The minimum absolute atomic E-state index is 0.0892. The highest BCUT2D eigenvalue weighted by Gasteiger charge is 2.18. The van der Waals surface area contributed by atoms with Gasteiger partial charge in [-0.1, -0.05) is 39.0 Å². The molecule has 0 saturated heterocycles. The molecule has 0 aliphatic rings. The number of ether oxygens (including phenoxy) is 2. The molecule has 0 aromatic heterocycles. The molecule has 2 aromatic rings. The van der Waals surface area contributed by atoms with Gasteiger partial charge in [0.25, 0.3) is 0 Å². The van der Waals surface area contributed by atoms with Crippen molar-refractivity contribution >= 4 is 0 Å². The highest BCUT2D eigenvalue weighted by Crippen LogP contribution is 2.30. The Morgan fingerprint density at radius 2 is 1.38 bits per heavy atom. The molecular weight excluding hydrogens is 296 g/mol. The molecule has 130 valence electrons. The first-order chi connectivity index (χ1) is 11.1. The Morgan fingerprint density at radius 1 is 0.750 bits per heavy atom. The van der Waals surface area contributed by atoms with Crippen molar-refractivity contribution in [3.05, 3.63) is 59.2 Å². The Kier molecular flexibility index (Phi) is 5.27. The van der Waals surface area contributed by atoms with Gasteiger partial charge in [0.2, 0.25) is 0 Å². The molecule has 2 heteroatoms. The smallest absolute Gasteiger partial charge is 0.120 e. The van der Waals surface area contributed by atoms with Crippen molar-refractivity contribution in [3.8, 4) is 11.5 Å².